The minimum Gasteiger partial charge on any atom is -0.469 e. The molecule has 0 amide bonds. The van der Waals surface area contributed by atoms with Crippen LogP contribution in [-0.2, 0) is 15.9 Å². The lowest BCUT2D eigenvalue weighted by Crippen LogP contribution is -2.42. The van der Waals surface area contributed by atoms with E-state index in [0.29, 0.717) is 11.5 Å². The molecule has 1 aliphatic carbocycles. The number of furan rings is 1. The van der Waals surface area contributed by atoms with Crippen LogP contribution in [-0.4, -0.2) is 52.0 Å². The molecule has 1 unspecified atom stereocenters. The van der Waals surface area contributed by atoms with Crippen molar-refractivity contribution < 1.29 is 13.9 Å². The van der Waals surface area contributed by atoms with Gasteiger partial charge in [-0.2, -0.15) is 0 Å². The first-order valence-corrected chi connectivity index (χ1v) is 10.4. The Hall–Kier alpha value is -1.53. The molecule has 1 aliphatic heterocycles. The Bertz CT molecular complexity index is 547. The van der Waals surface area contributed by atoms with E-state index in [4.69, 9.17) is 18.9 Å². The maximum absolute atomic E-state index is 5.74. The van der Waals surface area contributed by atoms with Crippen LogP contribution in [0.5, 0.6) is 0 Å². The Balaban J connectivity index is 1.54. The smallest absolute Gasteiger partial charge is 0.191 e. The number of nitrogens with one attached hydrogen (secondary N) is 2. The highest BCUT2D eigenvalue weighted by Crippen LogP contribution is 2.41. The van der Waals surface area contributed by atoms with Crippen LogP contribution < -0.4 is 10.6 Å². The standard InChI is InChI=1S/C21H35N3O3/c1-25-15-11-21(9-2-3-10-21)17-24-20(23-16-19-7-5-14-27-19)22-12-8-18-6-4-13-26-18/h4,6,13,19H,2-3,5,7-12,14-17H2,1H3,(H2,22,23,24). The molecule has 1 atom stereocenters. The van der Waals surface area contributed by atoms with Crippen LogP contribution >= 0.6 is 0 Å². The minimum absolute atomic E-state index is 0.301. The van der Waals surface area contributed by atoms with E-state index in [2.05, 4.69) is 10.6 Å². The molecule has 2 N–H and O–H groups in total. The normalized spacial score (nSPS) is 22.3. The molecule has 27 heavy (non-hydrogen) atoms. The lowest BCUT2D eigenvalue weighted by Gasteiger charge is -2.27. The summed E-state index contributed by atoms with van der Waals surface area (Å²) in [4.78, 5) is 4.96. The van der Waals surface area contributed by atoms with E-state index in [-0.39, 0.29) is 0 Å². The highest BCUT2D eigenvalue weighted by Gasteiger charge is 2.33. The van der Waals surface area contributed by atoms with Crippen molar-refractivity contribution in [3.05, 3.63) is 24.2 Å². The summed E-state index contributed by atoms with van der Waals surface area (Å²) < 4.78 is 16.5. The third-order valence-electron chi connectivity index (χ3n) is 5.84. The molecule has 1 aromatic heterocycles. The molecule has 2 fully saturated rings. The van der Waals surface area contributed by atoms with E-state index in [0.717, 1.165) is 70.3 Å². The number of hydrogen-bond donors (Lipinski definition) is 2. The minimum atomic E-state index is 0.301. The molecular weight excluding hydrogens is 342 g/mol. The average molecular weight is 378 g/mol. The first-order chi connectivity index (χ1) is 13.3. The van der Waals surface area contributed by atoms with Gasteiger partial charge in [0.15, 0.2) is 5.96 Å². The molecule has 1 aromatic rings. The topological polar surface area (TPSA) is 68.0 Å². The van der Waals surface area contributed by atoms with E-state index in [9.17, 15) is 0 Å². The van der Waals surface area contributed by atoms with Crippen molar-refractivity contribution in [3.63, 3.8) is 0 Å². The van der Waals surface area contributed by atoms with Crippen molar-refractivity contribution in [1.82, 2.24) is 10.6 Å². The summed E-state index contributed by atoms with van der Waals surface area (Å²) in [6, 6.07) is 3.94. The van der Waals surface area contributed by atoms with Gasteiger partial charge in [-0.3, -0.25) is 4.99 Å². The molecule has 1 saturated heterocycles. The number of hydrogen-bond acceptors (Lipinski definition) is 4. The zero-order valence-corrected chi connectivity index (χ0v) is 16.7. The van der Waals surface area contributed by atoms with Crippen molar-refractivity contribution in [2.75, 3.05) is 40.0 Å². The van der Waals surface area contributed by atoms with Crippen LogP contribution in [0.4, 0.5) is 0 Å². The van der Waals surface area contributed by atoms with Crippen molar-refractivity contribution in [3.8, 4) is 0 Å². The molecule has 6 heteroatoms. The van der Waals surface area contributed by atoms with E-state index < -0.39 is 0 Å². The number of nitrogens with zero attached hydrogens (tertiary/aromatic N) is 1. The number of methoxy groups -OCH3 is 1. The van der Waals surface area contributed by atoms with Gasteiger partial charge >= 0.3 is 0 Å². The number of ether oxygens (including phenoxy) is 2. The Morgan fingerprint density at radius 2 is 2.19 bits per heavy atom. The fourth-order valence-electron chi connectivity index (χ4n) is 4.13. The van der Waals surface area contributed by atoms with Crippen LogP contribution in [0.1, 0.15) is 50.7 Å². The van der Waals surface area contributed by atoms with Gasteiger partial charge in [-0.1, -0.05) is 12.8 Å². The lowest BCUT2D eigenvalue weighted by molar-refractivity contribution is 0.113. The van der Waals surface area contributed by atoms with Crippen LogP contribution in [0.15, 0.2) is 27.8 Å². The summed E-state index contributed by atoms with van der Waals surface area (Å²) in [6.45, 7) is 4.18. The Kier molecular flexibility index (Phi) is 8.02. The van der Waals surface area contributed by atoms with E-state index >= 15 is 0 Å². The first kappa shape index (κ1) is 20.2. The van der Waals surface area contributed by atoms with Crippen LogP contribution in [0.2, 0.25) is 0 Å². The van der Waals surface area contributed by atoms with Crippen molar-refractivity contribution in [1.29, 1.82) is 0 Å². The highest BCUT2D eigenvalue weighted by atomic mass is 16.5. The summed E-state index contributed by atoms with van der Waals surface area (Å²) in [6.07, 6.45) is 11.4. The molecule has 152 valence electrons. The van der Waals surface area contributed by atoms with E-state index in [1.165, 1.54) is 25.7 Å². The molecule has 6 nitrogen and oxygen atoms in total. The largest absolute Gasteiger partial charge is 0.469 e. The lowest BCUT2D eigenvalue weighted by atomic mass is 9.83. The van der Waals surface area contributed by atoms with Gasteiger partial charge < -0.3 is 24.5 Å². The van der Waals surface area contributed by atoms with Crippen LogP contribution in [0.25, 0.3) is 0 Å². The molecule has 2 heterocycles. The third-order valence-corrected chi connectivity index (χ3v) is 5.84. The Morgan fingerprint density at radius 1 is 1.30 bits per heavy atom. The fourth-order valence-corrected chi connectivity index (χ4v) is 4.13. The van der Waals surface area contributed by atoms with E-state index in [1.54, 1.807) is 13.4 Å². The molecule has 0 radical (unpaired) electrons. The molecule has 3 rings (SSSR count). The summed E-state index contributed by atoms with van der Waals surface area (Å²) >= 11 is 0. The van der Waals surface area contributed by atoms with Gasteiger partial charge in [0.1, 0.15) is 5.76 Å². The maximum atomic E-state index is 5.74. The Morgan fingerprint density at radius 3 is 2.89 bits per heavy atom. The third kappa shape index (κ3) is 6.54. The monoisotopic (exact) mass is 377 g/mol. The SMILES string of the molecule is COCCC1(CN=C(NCCc2ccco2)NCC2CCCO2)CCCC1. The second kappa shape index (κ2) is 10.7. The summed E-state index contributed by atoms with van der Waals surface area (Å²) in [7, 11) is 1.79. The summed E-state index contributed by atoms with van der Waals surface area (Å²) in [5.74, 6) is 1.88. The molecule has 0 spiro atoms. The number of rotatable bonds is 10. The van der Waals surface area contributed by atoms with Gasteiger partial charge in [-0.05, 0) is 49.7 Å². The summed E-state index contributed by atoms with van der Waals surface area (Å²) in [5.41, 5.74) is 0.301. The zero-order valence-electron chi connectivity index (χ0n) is 16.7. The van der Waals surface area contributed by atoms with Gasteiger partial charge in [0.2, 0.25) is 0 Å². The number of aliphatic imine (C=N–C) groups is 1. The fraction of sp³-hybridized carbons (Fsp3) is 0.762. The van der Waals surface area contributed by atoms with E-state index in [1.807, 2.05) is 12.1 Å². The van der Waals surface area contributed by atoms with Crippen LogP contribution in [0, 0.1) is 5.41 Å². The van der Waals surface area contributed by atoms with Crippen molar-refractivity contribution in [2.24, 2.45) is 10.4 Å². The van der Waals surface area contributed by atoms with Gasteiger partial charge in [0.25, 0.3) is 0 Å². The van der Waals surface area contributed by atoms with Gasteiger partial charge in [0.05, 0.1) is 12.4 Å². The molecule has 0 aromatic carbocycles. The first-order valence-electron chi connectivity index (χ1n) is 10.4. The maximum Gasteiger partial charge on any atom is 0.191 e. The van der Waals surface area contributed by atoms with Gasteiger partial charge in [-0.15, -0.1) is 0 Å². The highest BCUT2D eigenvalue weighted by molar-refractivity contribution is 5.79. The predicted octanol–water partition coefficient (Wildman–Crippen LogP) is 3.13. The molecular formula is C21H35N3O3. The second-order valence-electron chi connectivity index (χ2n) is 7.89. The summed E-state index contributed by atoms with van der Waals surface area (Å²) in [5, 5.41) is 6.96. The quantitative estimate of drug-likeness (QED) is 0.484. The van der Waals surface area contributed by atoms with Crippen molar-refractivity contribution >= 4 is 5.96 Å². The second-order valence-corrected chi connectivity index (χ2v) is 7.89. The Labute approximate surface area is 163 Å². The van der Waals surface area contributed by atoms with Gasteiger partial charge in [0, 0.05) is 46.4 Å². The van der Waals surface area contributed by atoms with Gasteiger partial charge in [-0.25, -0.2) is 0 Å². The average Bonchev–Trinajstić information content (AvgIpc) is 3.45. The zero-order chi connectivity index (χ0) is 18.8. The molecule has 2 aliphatic rings. The number of guanidine groups is 1. The van der Waals surface area contributed by atoms with Crippen LogP contribution in [0.3, 0.4) is 0 Å². The molecule has 1 saturated carbocycles. The van der Waals surface area contributed by atoms with Crippen molar-refractivity contribution in [2.45, 2.75) is 57.5 Å². The predicted molar refractivity (Wildman–Crippen MR) is 107 cm³/mol. The molecule has 0 bridgehead atoms.